The lowest BCUT2D eigenvalue weighted by atomic mass is 10.1. The number of methoxy groups -OCH3 is 1. The lowest BCUT2D eigenvalue weighted by molar-refractivity contribution is 0.252. The first-order chi connectivity index (χ1) is 11.0. The van der Waals surface area contributed by atoms with Crippen molar-refractivity contribution in [1.82, 2.24) is 4.31 Å². The van der Waals surface area contributed by atoms with Gasteiger partial charge in [-0.25, -0.2) is 8.42 Å². The smallest absolute Gasteiger partial charge is 0.247 e. The fraction of sp³-hybridized carbons (Fsp3) is 0.647. The molecule has 2 fully saturated rings. The van der Waals surface area contributed by atoms with Gasteiger partial charge in [-0.3, -0.25) is 0 Å². The van der Waals surface area contributed by atoms with Crippen molar-refractivity contribution >= 4 is 21.8 Å². The van der Waals surface area contributed by atoms with E-state index < -0.39 is 10.0 Å². The minimum atomic E-state index is -3.51. The first-order valence-corrected chi connectivity index (χ1v) is 11.0. The Hall–Kier alpha value is -0.720. The molecule has 0 aromatic heterocycles. The fourth-order valence-electron chi connectivity index (χ4n) is 3.93. The number of benzene rings is 1. The molecule has 0 N–H and O–H groups in total. The molecule has 2 saturated heterocycles. The number of ether oxygens (including phenoxy) is 1. The molecular weight excluding hydrogens is 330 g/mol. The summed E-state index contributed by atoms with van der Waals surface area (Å²) >= 11 is 1.87. The maximum absolute atomic E-state index is 13.3. The highest BCUT2D eigenvalue weighted by Crippen LogP contribution is 2.44. The zero-order chi connectivity index (χ0) is 16.6. The molecule has 4 nitrogen and oxygen atoms in total. The second-order valence-corrected chi connectivity index (χ2v) is 9.34. The second kappa shape index (κ2) is 6.65. The predicted molar refractivity (Wildman–Crippen MR) is 94.7 cm³/mol. The molecule has 2 unspecified atom stereocenters. The number of thioether (sulfide) groups is 1. The van der Waals surface area contributed by atoms with Gasteiger partial charge in [0.2, 0.25) is 10.0 Å². The standard InChI is InChI=1S/C17H25NO3S2/c1-4-12-5-8-16(21-2)17(9-12)23(19,20)18-13-6-7-14(18)11-15(10-13)22-3/h5,8-9,13-15H,4,6-7,10-11H2,1-3H3. The van der Waals surface area contributed by atoms with Gasteiger partial charge < -0.3 is 4.74 Å². The molecule has 0 amide bonds. The van der Waals surface area contributed by atoms with Gasteiger partial charge in [-0.2, -0.15) is 16.1 Å². The third-order valence-corrected chi connectivity index (χ3v) is 8.23. The molecule has 0 spiro atoms. The van der Waals surface area contributed by atoms with E-state index in [2.05, 4.69) is 6.26 Å². The van der Waals surface area contributed by atoms with Gasteiger partial charge in [-0.05, 0) is 56.1 Å². The zero-order valence-electron chi connectivity index (χ0n) is 14.0. The van der Waals surface area contributed by atoms with Crippen LogP contribution in [0.1, 0.15) is 38.2 Å². The summed E-state index contributed by atoms with van der Waals surface area (Å²) in [6.45, 7) is 2.03. The van der Waals surface area contributed by atoms with Crippen LogP contribution in [0.25, 0.3) is 0 Å². The van der Waals surface area contributed by atoms with E-state index >= 15 is 0 Å². The molecule has 2 heterocycles. The molecule has 2 aliphatic heterocycles. The molecular formula is C17H25NO3S2. The van der Waals surface area contributed by atoms with Crippen LogP contribution in [0.5, 0.6) is 5.75 Å². The third-order valence-electron chi connectivity index (χ3n) is 5.15. The highest BCUT2D eigenvalue weighted by atomic mass is 32.2. The van der Waals surface area contributed by atoms with Crippen LogP contribution in [0, 0.1) is 0 Å². The van der Waals surface area contributed by atoms with Gasteiger partial charge in [0, 0.05) is 17.3 Å². The maximum atomic E-state index is 13.3. The summed E-state index contributed by atoms with van der Waals surface area (Å²) in [5.74, 6) is 0.452. The molecule has 2 bridgehead atoms. The van der Waals surface area contributed by atoms with Gasteiger partial charge in [0.15, 0.2) is 0 Å². The third kappa shape index (κ3) is 3.01. The number of nitrogens with zero attached hydrogens (tertiary/aromatic N) is 1. The summed E-state index contributed by atoms with van der Waals surface area (Å²) in [7, 11) is -1.97. The summed E-state index contributed by atoms with van der Waals surface area (Å²) in [5, 5.41) is 0.586. The van der Waals surface area contributed by atoms with E-state index in [0.29, 0.717) is 15.9 Å². The molecule has 23 heavy (non-hydrogen) atoms. The molecule has 3 rings (SSSR count). The van der Waals surface area contributed by atoms with Crippen molar-refractivity contribution in [2.45, 2.75) is 61.3 Å². The fourth-order valence-corrected chi connectivity index (χ4v) is 6.86. The van der Waals surface area contributed by atoms with E-state index in [1.165, 1.54) is 7.11 Å². The first-order valence-electron chi connectivity index (χ1n) is 8.24. The van der Waals surface area contributed by atoms with Crippen molar-refractivity contribution in [3.8, 4) is 5.75 Å². The number of hydrogen-bond donors (Lipinski definition) is 0. The van der Waals surface area contributed by atoms with Gasteiger partial charge in [-0.15, -0.1) is 0 Å². The van der Waals surface area contributed by atoms with Gasteiger partial charge in [0.05, 0.1) is 7.11 Å². The number of aryl methyl sites for hydroxylation is 1. The van der Waals surface area contributed by atoms with E-state index in [1.807, 2.05) is 24.8 Å². The summed E-state index contributed by atoms with van der Waals surface area (Å²) in [6, 6.07) is 5.79. The lowest BCUT2D eigenvalue weighted by Crippen LogP contribution is -2.47. The van der Waals surface area contributed by atoms with Crippen molar-refractivity contribution in [1.29, 1.82) is 0 Å². The van der Waals surface area contributed by atoms with Crippen molar-refractivity contribution < 1.29 is 13.2 Å². The Labute approximate surface area is 143 Å². The molecule has 0 radical (unpaired) electrons. The van der Waals surface area contributed by atoms with Crippen LogP contribution in [-0.2, 0) is 16.4 Å². The summed E-state index contributed by atoms with van der Waals surface area (Å²) in [5.41, 5.74) is 1.02. The Morgan fingerprint density at radius 1 is 1.26 bits per heavy atom. The number of sulfonamides is 1. The van der Waals surface area contributed by atoms with E-state index in [0.717, 1.165) is 37.7 Å². The Bertz CT molecular complexity index is 660. The average molecular weight is 356 g/mol. The Morgan fingerprint density at radius 3 is 2.43 bits per heavy atom. The topological polar surface area (TPSA) is 46.6 Å². The summed E-state index contributed by atoms with van der Waals surface area (Å²) in [6.07, 6.45) is 6.84. The van der Waals surface area contributed by atoms with E-state index in [-0.39, 0.29) is 12.1 Å². The van der Waals surface area contributed by atoms with E-state index in [1.54, 1.807) is 16.4 Å². The zero-order valence-corrected chi connectivity index (χ0v) is 15.6. The van der Waals surface area contributed by atoms with E-state index in [4.69, 9.17) is 4.74 Å². The van der Waals surface area contributed by atoms with Crippen LogP contribution in [-0.4, -0.2) is 43.4 Å². The van der Waals surface area contributed by atoms with Gasteiger partial charge in [0.25, 0.3) is 0 Å². The number of hydrogen-bond acceptors (Lipinski definition) is 4. The maximum Gasteiger partial charge on any atom is 0.247 e. The molecule has 2 atom stereocenters. The molecule has 128 valence electrons. The van der Waals surface area contributed by atoms with Crippen LogP contribution in [0.4, 0.5) is 0 Å². The number of piperidine rings is 1. The second-order valence-electron chi connectivity index (χ2n) is 6.39. The summed E-state index contributed by atoms with van der Waals surface area (Å²) < 4.78 is 33.8. The molecule has 6 heteroatoms. The van der Waals surface area contributed by atoms with Crippen molar-refractivity contribution in [3.05, 3.63) is 23.8 Å². The van der Waals surface area contributed by atoms with Crippen LogP contribution >= 0.6 is 11.8 Å². The molecule has 0 saturated carbocycles. The monoisotopic (exact) mass is 355 g/mol. The van der Waals surface area contributed by atoms with Gasteiger partial charge >= 0.3 is 0 Å². The number of rotatable bonds is 5. The van der Waals surface area contributed by atoms with Crippen molar-refractivity contribution in [2.75, 3.05) is 13.4 Å². The van der Waals surface area contributed by atoms with Crippen LogP contribution in [0.15, 0.2) is 23.1 Å². The Morgan fingerprint density at radius 2 is 1.91 bits per heavy atom. The number of fused-ring (bicyclic) bond motifs is 2. The quantitative estimate of drug-likeness (QED) is 0.813. The van der Waals surface area contributed by atoms with Crippen molar-refractivity contribution in [2.24, 2.45) is 0 Å². The van der Waals surface area contributed by atoms with Gasteiger partial charge in [-0.1, -0.05) is 13.0 Å². The molecule has 2 aliphatic rings. The van der Waals surface area contributed by atoms with E-state index in [9.17, 15) is 8.42 Å². The largest absolute Gasteiger partial charge is 0.495 e. The molecule has 1 aromatic carbocycles. The SMILES string of the molecule is CCc1ccc(OC)c(S(=O)(=O)N2C3CCC2CC(SC)C3)c1. The Kier molecular flexibility index (Phi) is 4.95. The highest BCUT2D eigenvalue weighted by Gasteiger charge is 2.47. The molecule has 1 aromatic rings. The van der Waals surface area contributed by atoms with Crippen molar-refractivity contribution in [3.63, 3.8) is 0 Å². The first kappa shape index (κ1) is 17.1. The predicted octanol–water partition coefficient (Wildman–Crippen LogP) is 3.30. The average Bonchev–Trinajstić information content (AvgIpc) is 2.85. The molecule has 0 aliphatic carbocycles. The highest BCUT2D eigenvalue weighted by molar-refractivity contribution is 7.99. The minimum absolute atomic E-state index is 0.145. The summed E-state index contributed by atoms with van der Waals surface area (Å²) in [4.78, 5) is 0.332. The lowest BCUT2D eigenvalue weighted by Gasteiger charge is -2.37. The van der Waals surface area contributed by atoms with Gasteiger partial charge in [0.1, 0.15) is 10.6 Å². The van der Waals surface area contributed by atoms with Crippen LogP contribution < -0.4 is 4.74 Å². The minimum Gasteiger partial charge on any atom is -0.495 e. The van der Waals surface area contributed by atoms with Crippen LogP contribution in [0.2, 0.25) is 0 Å². The normalized spacial score (nSPS) is 28.0. The van der Waals surface area contributed by atoms with Crippen LogP contribution in [0.3, 0.4) is 0 Å². The Balaban J connectivity index is 2.00.